The fraction of sp³-hybridized carbons (Fsp3) is 0.700. The van der Waals surface area contributed by atoms with Crippen molar-refractivity contribution in [2.75, 3.05) is 7.11 Å². The van der Waals surface area contributed by atoms with Crippen molar-refractivity contribution in [2.45, 2.75) is 31.3 Å². The summed E-state index contributed by atoms with van der Waals surface area (Å²) in [6.45, 7) is 1.92. The highest BCUT2D eigenvalue weighted by atomic mass is 16.5. The minimum absolute atomic E-state index is 0.0682. The smallest absolute Gasteiger partial charge is 0.247 e. The first-order valence-electron chi connectivity index (χ1n) is 4.92. The van der Waals surface area contributed by atoms with Crippen molar-refractivity contribution in [2.24, 2.45) is 11.7 Å². The Labute approximate surface area is 83.5 Å². The quantitative estimate of drug-likeness (QED) is 0.617. The lowest BCUT2D eigenvalue weighted by atomic mass is 9.82. The summed E-state index contributed by atoms with van der Waals surface area (Å²) < 4.78 is 5.28. The third kappa shape index (κ3) is 1.30. The van der Waals surface area contributed by atoms with Gasteiger partial charge in [-0.1, -0.05) is 0 Å². The molecule has 0 radical (unpaired) electrons. The maximum Gasteiger partial charge on any atom is 0.247 e. The topological polar surface area (TPSA) is 74.3 Å². The Hall–Kier alpha value is -1.03. The van der Waals surface area contributed by atoms with E-state index in [-0.39, 0.29) is 17.9 Å². The highest BCUT2D eigenvalue weighted by molar-refractivity contribution is 6.02. The van der Waals surface area contributed by atoms with Crippen LogP contribution in [0.15, 0.2) is 11.8 Å². The fourth-order valence-corrected chi connectivity index (χ4v) is 2.15. The molecule has 0 bridgehead atoms. The van der Waals surface area contributed by atoms with Crippen molar-refractivity contribution in [1.82, 2.24) is 5.32 Å². The third-order valence-electron chi connectivity index (χ3n) is 3.23. The van der Waals surface area contributed by atoms with E-state index in [0.717, 1.165) is 18.6 Å². The molecule has 3 unspecified atom stereocenters. The first kappa shape index (κ1) is 9.52. The second-order valence-electron chi connectivity index (χ2n) is 4.22. The lowest BCUT2D eigenvalue weighted by molar-refractivity contribution is -0.112. The van der Waals surface area contributed by atoms with Crippen LogP contribution in [0.2, 0.25) is 0 Å². The summed E-state index contributed by atoms with van der Waals surface area (Å²) in [5, 5.41) is 2.86. The number of hydrogen-bond donors (Lipinski definition) is 2. The summed E-state index contributed by atoms with van der Waals surface area (Å²) in [4.78, 5) is 11.2. The number of nitrogens with two attached hydrogens (primary N) is 1. The normalized spacial score (nSPS) is 41.4. The molecule has 0 aromatic heterocycles. The molecule has 1 amide bonds. The van der Waals surface area contributed by atoms with Crippen LogP contribution < -0.4 is 11.1 Å². The van der Waals surface area contributed by atoms with E-state index in [0.29, 0.717) is 0 Å². The zero-order valence-electron chi connectivity index (χ0n) is 8.54. The molecule has 0 aromatic carbocycles. The number of methoxy groups -OCH3 is 1. The highest BCUT2D eigenvalue weighted by Gasteiger charge is 2.56. The van der Waals surface area contributed by atoms with Gasteiger partial charge in [0.15, 0.2) is 0 Å². The van der Waals surface area contributed by atoms with Crippen molar-refractivity contribution in [3.8, 4) is 0 Å². The van der Waals surface area contributed by atoms with E-state index in [9.17, 15) is 4.79 Å². The van der Waals surface area contributed by atoms with Crippen LogP contribution in [0.3, 0.4) is 0 Å². The second kappa shape index (κ2) is 2.98. The zero-order chi connectivity index (χ0) is 10.3. The Bertz CT molecular complexity index is 300. The van der Waals surface area contributed by atoms with Gasteiger partial charge in [-0.25, -0.2) is 0 Å². The van der Waals surface area contributed by atoms with E-state index >= 15 is 0 Å². The van der Waals surface area contributed by atoms with Gasteiger partial charge < -0.3 is 15.8 Å². The van der Waals surface area contributed by atoms with Crippen LogP contribution in [0.25, 0.3) is 0 Å². The third-order valence-corrected chi connectivity index (χ3v) is 3.23. The van der Waals surface area contributed by atoms with E-state index in [1.165, 1.54) is 0 Å². The van der Waals surface area contributed by atoms with E-state index < -0.39 is 5.54 Å². The number of carbonyl (C=O) groups excluding carboxylic acids is 1. The van der Waals surface area contributed by atoms with Crippen molar-refractivity contribution in [1.29, 1.82) is 0 Å². The van der Waals surface area contributed by atoms with Gasteiger partial charge in [-0.2, -0.15) is 0 Å². The lowest BCUT2D eigenvalue weighted by Gasteiger charge is -2.28. The average Bonchev–Trinajstić information content (AvgIpc) is 2.75. The van der Waals surface area contributed by atoms with Crippen molar-refractivity contribution >= 4 is 5.91 Å². The number of carbonyl (C=O) groups is 1. The molecule has 2 aliphatic rings. The molecular formula is C10H16N2O2. The van der Waals surface area contributed by atoms with Gasteiger partial charge in [0.2, 0.25) is 5.91 Å². The first-order chi connectivity index (χ1) is 6.58. The van der Waals surface area contributed by atoms with Gasteiger partial charge in [-0.05, 0) is 25.8 Å². The zero-order valence-corrected chi connectivity index (χ0v) is 8.54. The molecule has 1 aliphatic carbocycles. The summed E-state index contributed by atoms with van der Waals surface area (Å²) in [5.74, 6) is 1.12. The predicted molar refractivity (Wildman–Crippen MR) is 52.3 cm³/mol. The summed E-state index contributed by atoms with van der Waals surface area (Å²) in [6.07, 6.45) is 3.75. The molecule has 1 fully saturated rings. The van der Waals surface area contributed by atoms with Crippen LogP contribution in [0.4, 0.5) is 0 Å². The Morgan fingerprint density at radius 2 is 2.29 bits per heavy atom. The van der Waals surface area contributed by atoms with E-state index in [1.807, 2.05) is 13.0 Å². The van der Waals surface area contributed by atoms with Gasteiger partial charge in [0, 0.05) is 12.0 Å². The number of ether oxygens (including phenoxy) is 1. The van der Waals surface area contributed by atoms with E-state index in [1.54, 1.807) is 7.11 Å². The SMILES string of the molecule is COC1=CC(N)CCC1C1(C)NC1=O. The number of hydrogen-bond acceptors (Lipinski definition) is 3. The monoisotopic (exact) mass is 196 g/mol. The van der Waals surface area contributed by atoms with Gasteiger partial charge >= 0.3 is 0 Å². The molecule has 4 nitrogen and oxygen atoms in total. The minimum Gasteiger partial charge on any atom is -0.501 e. The van der Waals surface area contributed by atoms with E-state index in [4.69, 9.17) is 10.5 Å². The summed E-state index contributed by atoms with van der Waals surface area (Å²) in [5.41, 5.74) is 5.40. The molecule has 3 N–H and O–H groups in total. The van der Waals surface area contributed by atoms with Crippen LogP contribution in [-0.2, 0) is 9.53 Å². The van der Waals surface area contributed by atoms with Crippen LogP contribution in [-0.4, -0.2) is 24.6 Å². The highest BCUT2D eigenvalue weighted by Crippen LogP contribution is 2.39. The van der Waals surface area contributed by atoms with Gasteiger partial charge in [0.1, 0.15) is 5.54 Å². The molecule has 0 spiro atoms. The fourth-order valence-electron chi connectivity index (χ4n) is 2.15. The summed E-state index contributed by atoms with van der Waals surface area (Å²) in [6, 6.07) is 0.0682. The molecular weight excluding hydrogens is 180 g/mol. The van der Waals surface area contributed by atoms with Gasteiger partial charge in [-0.3, -0.25) is 4.79 Å². The number of rotatable bonds is 2. The van der Waals surface area contributed by atoms with E-state index in [2.05, 4.69) is 5.32 Å². The molecule has 0 aromatic rings. The van der Waals surface area contributed by atoms with Gasteiger partial charge in [0.25, 0.3) is 0 Å². The molecule has 1 saturated heterocycles. The minimum atomic E-state index is -0.401. The van der Waals surface area contributed by atoms with Crippen LogP contribution in [0, 0.1) is 5.92 Å². The lowest BCUT2D eigenvalue weighted by Crippen LogP contribution is -2.34. The van der Waals surface area contributed by atoms with Gasteiger partial charge in [-0.15, -0.1) is 0 Å². The molecule has 4 heteroatoms. The number of nitrogens with one attached hydrogen (secondary N) is 1. The molecule has 3 atom stereocenters. The second-order valence-corrected chi connectivity index (χ2v) is 4.22. The average molecular weight is 196 g/mol. The Balaban J connectivity index is 2.20. The van der Waals surface area contributed by atoms with Crippen LogP contribution in [0.1, 0.15) is 19.8 Å². The molecule has 1 aliphatic heterocycles. The molecule has 0 saturated carbocycles. The molecule has 78 valence electrons. The Kier molecular flexibility index (Phi) is 2.03. The first-order valence-corrected chi connectivity index (χ1v) is 4.92. The maximum absolute atomic E-state index is 11.2. The van der Waals surface area contributed by atoms with Crippen LogP contribution >= 0.6 is 0 Å². The number of amides is 1. The van der Waals surface area contributed by atoms with Crippen molar-refractivity contribution in [3.63, 3.8) is 0 Å². The molecule has 14 heavy (non-hydrogen) atoms. The Morgan fingerprint density at radius 1 is 1.64 bits per heavy atom. The largest absolute Gasteiger partial charge is 0.501 e. The van der Waals surface area contributed by atoms with Crippen molar-refractivity contribution < 1.29 is 9.53 Å². The Morgan fingerprint density at radius 3 is 2.79 bits per heavy atom. The molecule has 2 rings (SSSR count). The van der Waals surface area contributed by atoms with Crippen molar-refractivity contribution in [3.05, 3.63) is 11.8 Å². The standard InChI is InChI=1S/C10H16N2O2/c1-10(9(13)12-10)7-4-3-6(11)5-8(7)14-2/h5-7H,3-4,11H2,1-2H3,(H,12,13). The summed E-state index contributed by atoms with van der Waals surface area (Å²) >= 11 is 0. The van der Waals surface area contributed by atoms with Gasteiger partial charge in [0.05, 0.1) is 12.9 Å². The maximum atomic E-state index is 11.2. The molecule has 1 heterocycles. The predicted octanol–water partition coefficient (Wildman–Crippen LogP) is 0.142. The van der Waals surface area contributed by atoms with Crippen LogP contribution in [0.5, 0.6) is 0 Å². The summed E-state index contributed by atoms with van der Waals surface area (Å²) in [7, 11) is 1.63.